The van der Waals surface area contributed by atoms with Crippen molar-refractivity contribution in [1.29, 1.82) is 0 Å². The zero-order valence-corrected chi connectivity index (χ0v) is 26.2. The van der Waals surface area contributed by atoms with Crippen LogP contribution in [-0.4, -0.2) is 68.2 Å². The summed E-state index contributed by atoms with van der Waals surface area (Å²) in [6.45, 7) is 0. The Morgan fingerprint density at radius 1 is 0.776 bits per heavy atom. The number of nitrogens with one attached hydrogen (secondary N) is 3. The van der Waals surface area contributed by atoms with Gasteiger partial charge in [-0.2, -0.15) is 26.8 Å². The summed E-state index contributed by atoms with van der Waals surface area (Å²) in [5.74, 6) is -4.57. The number of aromatic amines is 1. The second-order valence-corrected chi connectivity index (χ2v) is 12.4. The van der Waals surface area contributed by atoms with Crippen LogP contribution in [-0.2, 0) is 20.2 Å². The Kier molecular flexibility index (Phi) is 10.2. The maximum atomic E-state index is 12.4. The number of hydrogen-bond acceptors (Lipinski definition) is 14. The molecule has 1 aromatic heterocycles. The molecule has 49 heavy (non-hydrogen) atoms. The summed E-state index contributed by atoms with van der Waals surface area (Å²) >= 11 is 0. The van der Waals surface area contributed by atoms with Gasteiger partial charge in [0.1, 0.15) is 16.3 Å². The van der Waals surface area contributed by atoms with Gasteiger partial charge in [-0.15, -0.1) is 10.2 Å². The Balaban J connectivity index is 0.00000338. The molecule has 5 aromatic rings. The number of azo groups is 1. The largest absolute Gasteiger partial charge is 1.00 e. The van der Waals surface area contributed by atoms with Crippen molar-refractivity contribution in [2.24, 2.45) is 10.2 Å². The molecule has 0 radical (unpaired) electrons. The summed E-state index contributed by atoms with van der Waals surface area (Å²) in [5.41, 5.74) is -3.27. The van der Waals surface area contributed by atoms with E-state index in [0.717, 1.165) is 12.1 Å². The number of nitrogens with zero attached hydrogens (tertiary/aromatic N) is 4. The summed E-state index contributed by atoms with van der Waals surface area (Å²) in [4.78, 5) is 43.4. The first-order valence-electron chi connectivity index (χ1n) is 12.9. The van der Waals surface area contributed by atoms with E-state index in [1.807, 2.05) is 0 Å². The van der Waals surface area contributed by atoms with Crippen LogP contribution in [0.2, 0.25) is 0 Å². The SMILES string of the molecule is O=C(O)c1ccccc1N=Nc1c(S(=O)(=O)O)cc2cc(S(=O)(=O)O)cc(Nc3nc(=O)nc(Nc4ccccc4C(=O)O)[nH]3)c2c1O.[H-].[Li+]. The molecule has 0 aliphatic heterocycles. The molecule has 5 rings (SSSR count). The predicted molar refractivity (Wildman–Crippen MR) is 167 cm³/mol. The van der Waals surface area contributed by atoms with Crippen LogP contribution < -0.4 is 35.2 Å². The molecule has 8 N–H and O–H groups in total. The van der Waals surface area contributed by atoms with Crippen molar-refractivity contribution >= 4 is 77.6 Å². The van der Waals surface area contributed by atoms with Crippen molar-refractivity contribution in [2.45, 2.75) is 9.79 Å². The molecular formula is C27H20LiN7O12S2. The number of aromatic carboxylic acids is 2. The number of aromatic hydroxyl groups is 1. The first kappa shape index (κ1) is 36.1. The number of aromatic nitrogens is 3. The number of H-pyrrole nitrogens is 1. The van der Waals surface area contributed by atoms with Gasteiger partial charge in [0.15, 0.2) is 5.75 Å². The molecule has 0 spiro atoms. The van der Waals surface area contributed by atoms with Crippen LogP contribution in [0.4, 0.5) is 34.6 Å². The molecule has 0 saturated heterocycles. The minimum Gasteiger partial charge on any atom is -1.00 e. The summed E-state index contributed by atoms with van der Waals surface area (Å²) in [5, 5.41) is 42.0. The Bertz CT molecular complexity index is 2480. The van der Waals surface area contributed by atoms with E-state index in [1.165, 1.54) is 48.5 Å². The summed E-state index contributed by atoms with van der Waals surface area (Å²) in [6, 6.07) is 13.0. The van der Waals surface area contributed by atoms with E-state index in [0.29, 0.717) is 6.07 Å². The number of benzene rings is 4. The zero-order chi connectivity index (χ0) is 35.0. The third-order valence-corrected chi connectivity index (χ3v) is 8.11. The van der Waals surface area contributed by atoms with Crippen LogP contribution in [0.5, 0.6) is 5.75 Å². The van der Waals surface area contributed by atoms with Crippen LogP contribution in [0.3, 0.4) is 0 Å². The average molecular weight is 706 g/mol. The maximum Gasteiger partial charge on any atom is 1.00 e. The molecule has 0 unspecified atom stereocenters. The van der Waals surface area contributed by atoms with Crippen LogP contribution in [0.1, 0.15) is 22.1 Å². The number of phenolic OH excluding ortho intramolecular Hbond substituents is 1. The molecule has 19 nitrogen and oxygen atoms in total. The fraction of sp³-hybridized carbons (Fsp3) is 0. The van der Waals surface area contributed by atoms with Crippen molar-refractivity contribution < 1.29 is 71.1 Å². The minimum atomic E-state index is -5.23. The summed E-state index contributed by atoms with van der Waals surface area (Å²) in [6.07, 6.45) is 0. The van der Waals surface area contributed by atoms with Gasteiger partial charge in [-0.05, 0) is 47.9 Å². The van der Waals surface area contributed by atoms with Crippen LogP contribution in [0.25, 0.3) is 10.8 Å². The van der Waals surface area contributed by atoms with Gasteiger partial charge in [0.05, 0.1) is 27.4 Å². The smallest absolute Gasteiger partial charge is 1.00 e. The maximum absolute atomic E-state index is 12.4. The van der Waals surface area contributed by atoms with Gasteiger partial charge in [0.25, 0.3) is 20.2 Å². The van der Waals surface area contributed by atoms with Crippen LogP contribution in [0, 0.1) is 0 Å². The molecule has 0 saturated carbocycles. The topological polar surface area (TPSA) is 311 Å². The van der Waals surface area contributed by atoms with Crippen molar-refractivity contribution in [1.82, 2.24) is 15.0 Å². The summed E-state index contributed by atoms with van der Waals surface area (Å²) < 4.78 is 68.7. The number of carboxylic acid groups (broad SMARTS) is 2. The van der Waals surface area contributed by atoms with E-state index in [-0.39, 0.29) is 48.7 Å². The van der Waals surface area contributed by atoms with Crippen molar-refractivity contribution in [3.05, 3.63) is 88.3 Å². The number of carboxylic acids is 2. The third kappa shape index (κ3) is 7.90. The van der Waals surface area contributed by atoms with E-state index < -0.39 is 81.5 Å². The van der Waals surface area contributed by atoms with E-state index in [4.69, 9.17) is 0 Å². The number of phenols is 1. The van der Waals surface area contributed by atoms with Gasteiger partial charge >= 0.3 is 36.5 Å². The Labute approximate surface area is 287 Å². The van der Waals surface area contributed by atoms with Crippen molar-refractivity contribution in [2.75, 3.05) is 10.6 Å². The second-order valence-electron chi connectivity index (χ2n) is 9.54. The molecule has 0 amide bonds. The van der Waals surface area contributed by atoms with Gasteiger partial charge in [-0.25, -0.2) is 14.4 Å². The number of anilines is 4. The molecule has 1 heterocycles. The van der Waals surface area contributed by atoms with Crippen molar-refractivity contribution in [3.8, 4) is 5.75 Å². The Morgan fingerprint density at radius 2 is 1.35 bits per heavy atom. The number of hydrogen-bond donors (Lipinski definition) is 8. The molecule has 4 aromatic carbocycles. The molecule has 0 fully saturated rings. The molecule has 0 atom stereocenters. The second kappa shape index (κ2) is 13.8. The third-order valence-electron chi connectivity index (χ3n) is 6.41. The zero-order valence-electron chi connectivity index (χ0n) is 25.6. The van der Waals surface area contributed by atoms with Crippen LogP contribution in [0.15, 0.2) is 91.5 Å². The molecule has 22 heteroatoms. The van der Waals surface area contributed by atoms with Crippen molar-refractivity contribution in [3.63, 3.8) is 0 Å². The number of carbonyl (C=O) groups is 2. The normalized spacial score (nSPS) is 11.6. The fourth-order valence-corrected chi connectivity index (χ4v) is 5.58. The Hall–Kier alpha value is -5.69. The van der Waals surface area contributed by atoms with Gasteiger partial charge in [-0.1, -0.05) is 24.3 Å². The Morgan fingerprint density at radius 3 is 1.94 bits per heavy atom. The number of fused-ring (bicyclic) bond motifs is 1. The van der Waals surface area contributed by atoms with Gasteiger partial charge < -0.3 is 27.4 Å². The first-order chi connectivity index (χ1) is 22.5. The fourth-order valence-electron chi connectivity index (χ4n) is 4.38. The van der Waals surface area contributed by atoms with E-state index in [2.05, 4.69) is 35.8 Å². The molecule has 0 aliphatic carbocycles. The monoisotopic (exact) mass is 705 g/mol. The minimum absolute atomic E-state index is 0. The molecule has 248 valence electrons. The number of rotatable bonds is 10. The van der Waals surface area contributed by atoms with Crippen LogP contribution >= 0.6 is 0 Å². The first-order valence-corrected chi connectivity index (χ1v) is 15.8. The van der Waals surface area contributed by atoms with E-state index >= 15 is 0 Å². The van der Waals surface area contributed by atoms with Gasteiger partial charge in [-0.3, -0.25) is 14.1 Å². The molecule has 0 bridgehead atoms. The molecular weight excluding hydrogens is 685 g/mol. The van der Waals surface area contributed by atoms with Gasteiger partial charge in [0.2, 0.25) is 11.9 Å². The molecule has 0 aliphatic rings. The summed E-state index contributed by atoms with van der Waals surface area (Å²) in [7, 11) is -10.2. The standard InChI is InChI=1S/C27H19N7O12S2.Li.H/c35-22-20-12(10-19(48(44,45)46)21(22)34-33-17-8-4-2-6-15(17)24(38)39)9-13(47(41,42)43)11-18(20)29-26-30-25(31-27(40)32-26)28-16-7-3-1-5-14(16)23(36)37;;/h1-11,35H,(H,36,37)(H,38,39)(H,41,42,43)(H,44,45,46)(H3,28,29,30,31,32,40);;/q;+1;-1. The average Bonchev–Trinajstić information content (AvgIpc) is 2.99. The van der Waals surface area contributed by atoms with E-state index in [1.54, 1.807) is 0 Å². The quantitative estimate of drug-likeness (QED) is 0.0569. The van der Waals surface area contributed by atoms with Gasteiger partial charge in [0, 0.05) is 5.39 Å². The van der Waals surface area contributed by atoms with E-state index in [9.17, 15) is 55.6 Å². The number of para-hydroxylation sites is 1. The predicted octanol–water partition coefficient (Wildman–Crippen LogP) is 0.933.